The second-order valence-corrected chi connectivity index (χ2v) is 9.19. The van der Waals surface area contributed by atoms with Crippen molar-refractivity contribution in [2.24, 2.45) is 5.92 Å². The first kappa shape index (κ1) is 21.9. The molecule has 2 N–H and O–H groups in total. The molecule has 160 valence electrons. The Morgan fingerprint density at radius 1 is 1.10 bits per heavy atom. The van der Waals surface area contributed by atoms with E-state index in [1.54, 1.807) is 12.1 Å². The van der Waals surface area contributed by atoms with Gasteiger partial charge in [0.2, 0.25) is 21.8 Å². The van der Waals surface area contributed by atoms with E-state index in [0.29, 0.717) is 25.1 Å². The maximum Gasteiger partial charge on any atom is 0.243 e. The molecule has 30 heavy (non-hydrogen) atoms. The lowest BCUT2D eigenvalue weighted by Gasteiger charge is -2.31. The standard InChI is InChI=1S/C21H24FN3O4S/c1-15(26)24-19-8-10-20(11-9-19)30(28,29)25-12-2-3-17(14-25)21(27)23-13-16-4-6-18(22)7-5-16/h4-11,17H,2-3,12-14H2,1H3,(H,23,27)(H,24,26). The summed E-state index contributed by atoms with van der Waals surface area (Å²) in [5.41, 5.74) is 1.28. The van der Waals surface area contributed by atoms with E-state index in [2.05, 4.69) is 10.6 Å². The molecule has 2 aromatic rings. The van der Waals surface area contributed by atoms with Crippen LogP contribution in [0.5, 0.6) is 0 Å². The highest BCUT2D eigenvalue weighted by Crippen LogP contribution is 2.25. The molecule has 2 aromatic carbocycles. The molecule has 1 saturated heterocycles. The van der Waals surface area contributed by atoms with E-state index >= 15 is 0 Å². The van der Waals surface area contributed by atoms with Gasteiger partial charge in [-0.2, -0.15) is 4.31 Å². The first-order chi connectivity index (χ1) is 14.3. The minimum atomic E-state index is -3.75. The molecule has 1 aliphatic heterocycles. The molecule has 0 spiro atoms. The summed E-state index contributed by atoms with van der Waals surface area (Å²) in [7, 11) is -3.75. The monoisotopic (exact) mass is 433 g/mol. The van der Waals surface area contributed by atoms with Crippen LogP contribution in [0.1, 0.15) is 25.3 Å². The maximum atomic E-state index is 13.0. The third-order valence-electron chi connectivity index (χ3n) is 4.95. The van der Waals surface area contributed by atoms with Crippen molar-refractivity contribution in [1.82, 2.24) is 9.62 Å². The van der Waals surface area contributed by atoms with Crippen molar-refractivity contribution >= 4 is 27.5 Å². The predicted octanol–water partition coefficient (Wildman–Crippen LogP) is 2.50. The van der Waals surface area contributed by atoms with Crippen LogP contribution in [-0.4, -0.2) is 37.6 Å². The molecule has 1 atom stereocenters. The molecule has 9 heteroatoms. The molecule has 1 fully saturated rings. The molecule has 0 bridgehead atoms. The number of sulfonamides is 1. The lowest BCUT2D eigenvalue weighted by atomic mass is 9.99. The Morgan fingerprint density at radius 2 is 1.77 bits per heavy atom. The van der Waals surface area contributed by atoms with Crippen molar-refractivity contribution in [3.05, 3.63) is 59.9 Å². The largest absolute Gasteiger partial charge is 0.352 e. The number of carbonyl (C=O) groups is 2. The smallest absolute Gasteiger partial charge is 0.243 e. The van der Waals surface area contributed by atoms with E-state index in [9.17, 15) is 22.4 Å². The van der Waals surface area contributed by atoms with E-state index in [-0.39, 0.29) is 35.6 Å². The SMILES string of the molecule is CC(=O)Nc1ccc(S(=O)(=O)N2CCCC(C(=O)NCc3ccc(F)cc3)C2)cc1. The highest BCUT2D eigenvalue weighted by molar-refractivity contribution is 7.89. The Labute approximate surface area is 175 Å². The number of nitrogens with zero attached hydrogens (tertiary/aromatic N) is 1. The van der Waals surface area contributed by atoms with Gasteiger partial charge >= 0.3 is 0 Å². The highest BCUT2D eigenvalue weighted by atomic mass is 32.2. The quantitative estimate of drug-likeness (QED) is 0.732. The molecule has 1 aliphatic rings. The Kier molecular flexibility index (Phi) is 6.84. The van der Waals surface area contributed by atoms with Crippen LogP contribution in [0.2, 0.25) is 0 Å². The fourth-order valence-electron chi connectivity index (χ4n) is 3.37. The van der Waals surface area contributed by atoms with Gasteiger partial charge in [-0.1, -0.05) is 12.1 Å². The fourth-order valence-corrected chi connectivity index (χ4v) is 4.90. The number of hydrogen-bond acceptors (Lipinski definition) is 4. The number of anilines is 1. The summed E-state index contributed by atoms with van der Waals surface area (Å²) in [6, 6.07) is 11.8. The van der Waals surface area contributed by atoms with Crippen LogP contribution in [0, 0.1) is 11.7 Å². The van der Waals surface area contributed by atoms with Crippen LogP contribution in [-0.2, 0) is 26.2 Å². The molecule has 2 amide bonds. The number of piperidine rings is 1. The number of halogens is 1. The van der Waals surface area contributed by atoms with Crippen molar-refractivity contribution in [3.8, 4) is 0 Å². The Balaban J connectivity index is 1.63. The van der Waals surface area contributed by atoms with Gasteiger partial charge in [-0.05, 0) is 54.8 Å². The number of benzene rings is 2. The zero-order chi connectivity index (χ0) is 21.7. The summed E-state index contributed by atoms with van der Waals surface area (Å²) in [4.78, 5) is 23.8. The van der Waals surface area contributed by atoms with Crippen molar-refractivity contribution < 1.29 is 22.4 Å². The van der Waals surface area contributed by atoms with Gasteiger partial charge in [0.25, 0.3) is 0 Å². The molecular formula is C21H24FN3O4S. The third kappa shape index (κ3) is 5.43. The highest BCUT2D eigenvalue weighted by Gasteiger charge is 2.33. The summed E-state index contributed by atoms with van der Waals surface area (Å²) >= 11 is 0. The average molecular weight is 434 g/mol. The first-order valence-electron chi connectivity index (χ1n) is 9.65. The minimum absolute atomic E-state index is 0.102. The molecule has 7 nitrogen and oxygen atoms in total. The lowest BCUT2D eigenvalue weighted by molar-refractivity contribution is -0.126. The fraction of sp³-hybridized carbons (Fsp3) is 0.333. The second-order valence-electron chi connectivity index (χ2n) is 7.25. The van der Waals surface area contributed by atoms with E-state index in [1.807, 2.05) is 0 Å². The summed E-state index contributed by atoms with van der Waals surface area (Å²) in [5, 5.41) is 5.40. The summed E-state index contributed by atoms with van der Waals surface area (Å²) < 4.78 is 40.2. The lowest BCUT2D eigenvalue weighted by Crippen LogP contribution is -2.45. The Hall–Kier alpha value is -2.78. The molecule has 0 radical (unpaired) electrons. The zero-order valence-electron chi connectivity index (χ0n) is 16.6. The number of hydrogen-bond donors (Lipinski definition) is 2. The molecule has 1 unspecified atom stereocenters. The van der Waals surface area contributed by atoms with Gasteiger partial charge in [0.15, 0.2) is 0 Å². The molecule has 1 heterocycles. The average Bonchev–Trinajstić information content (AvgIpc) is 2.73. The first-order valence-corrected chi connectivity index (χ1v) is 11.1. The molecule has 0 saturated carbocycles. The summed E-state index contributed by atoms with van der Waals surface area (Å²) in [5.74, 6) is -1.26. The van der Waals surface area contributed by atoms with Crippen LogP contribution >= 0.6 is 0 Å². The van der Waals surface area contributed by atoms with E-state index in [4.69, 9.17) is 0 Å². The van der Waals surface area contributed by atoms with E-state index in [1.165, 1.54) is 47.6 Å². The number of amides is 2. The summed E-state index contributed by atoms with van der Waals surface area (Å²) in [6.45, 7) is 2.08. The molecular weight excluding hydrogens is 409 g/mol. The van der Waals surface area contributed by atoms with Crippen LogP contribution in [0.15, 0.2) is 53.4 Å². The van der Waals surface area contributed by atoms with Gasteiger partial charge in [-0.3, -0.25) is 9.59 Å². The van der Waals surface area contributed by atoms with Crippen molar-refractivity contribution in [1.29, 1.82) is 0 Å². The maximum absolute atomic E-state index is 13.0. The molecule has 3 rings (SSSR count). The number of nitrogens with one attached hydrogen (secondary N) is 2. The van der Waals surface area contributed by atoms with E-state index < -0.39 is 15.9 Å². The predicted molar refractivity (Wildman–Crippen MR) is 110 cm³/mol. The van der Waals surface area contributed by atoms with Crippen LogP contribution in [0.4, 0.5) is 10.1 Å². The van der Waals surface area contributed by atoms with Crippen LogP contribution in [0.3, 0.4) is 0 Å². The van der Waals surface area contributed by atoms with E-state index in [0.717, 1.165) is 5.56 Å². The van der Waals surface area contributed by atoms with Gasteiger partial charge in [0.1, 0.15) is 5.82 Å². The minimum Gasteiger partial charge on any atom is -0.352 e. The van der Waals surface area contributed by atoms with Gasteiger partial charge in [-0.25, -0.2) is 12.8 Å². The van der Waals surface area contributed by atoms with Crippen LogP contribution < -0.4 is 10.6 Å². The normalized spacial score (nSPS) is 17.3. The molecule has 0 aliphatic carbocycles. The summed E-state index contributed by atoms with van der Waals surface area (Å²) in [6.07, 6.45) is 1.18. The van der Waals surface area contributed by atoms with Crippen LogP contribution in [0.25, 0.3) is 0 Å². The van der Waals surface area contributed by atoms with Gasteiger partial charge in [0.05, 0.1) is 10.8 Å². The second kappa shape index (κ2) is 9.36. The topological polar surface area (TPSA) is 95.6 Å². The van der Waals surface area contributed by atoms with Crippen molar-refractivity contribution in [2.45, 2.75) is 31.2 Å². The third-order valence-corrected chi connectivity index (χ3v) is 6.83. The van der Waals surface area contributed by atoms with Gasteiger partial charge < -0.3 is 10.6 Å². The molecule has 0 aromatic heterocycles. The van der Waals surface area contributed by atoms with Crippen molar-refractivity contribution in [3.63, 3.8) is 0 Å². The van der Waals surface area contributed by atoms with Crippen molar-refractivity contribution in [2.75, 3.05) is 18.4 Å². The Bertz CT molecular complexity index is 1010. The number of carbonyl (C=O) groups excluding carboxylic acids is 2. The Morgan fingerprint density at radius 3 is 2.40 bits per heavy atom. The number of rotatable bonds is 6. The van der Waals surface area contributed by atoms with Gasteiger partial charge in [0, 0.05) is 32.2 Å². The van der Waals surface area contributed by atoms with Gasteiger partial charge in [-0.15, -0.1) is 0 Å². The zero-order valence-corrected chi connectivity index (χ0v) is 17.4.